The van der Waals surface area contributed by atoms with E-state index in [0.717, 1.165) is 11.3 Å². The molecule has 0 aliphatic carbocycles. The van der Waals surface area contributed by atoms with E-state index in [9.17, 15) is 0 Å². The molecule has 0 bridgehead atoms. The Balaban J connectivity index is 3.05. The van der Waals surface area contributed by atoms with Crippen LogP contribution in [-0.2, 0) is 0 Å². The Morgan fingerprint density at radius 3 is 2.40 bits per heavy atom. The van der Waals surface area contributed by atoms with Crippen LogP contribution in [0.3, 0.4) is 0 Å². The van der Waals surface area contributed by atoms with Crippen LogP contribution in [0.2, 0.25) is 0 Å². The quantitative estimate of drug-likeness (QED) is 0.430. The van der Waals surface area contributed by atoms with Crippen LogP contribution in [0.1, 0.15) is 32.3 Å². The predicted octanol–water partition coefficient (Wildman–Crippen LogP) is 0.924. The lowest BCUT2D eigenvalue weighted by atomic mass is 10.3. The molecule has 0 amide bonds. The summed E-state index contributed by atoms with van der Waals surface area (Å²) in [7, 11) is 0. The molecule has 0 fully saturated rings. The second-order valence-electron chi connectivity index (χ2n) is 3.66. The second-order valence-corrected chi connectivity index (χ2v) is 3.66. The second kappa shape index (κ2) is 4.16. The third-order valence-electron chi connectivity index (χ3n) is 2.19. The van der Waals surface area contributed by atoms with E-state index in [0.29, 0.717) is 17.4 Å². The summed E-state index contributed by atoms with van der Waals surface area (Å²) in [6, 6.07) is 0. The Labute approximate surface area is 89.5 Å². The number of hydrogen-bond donors (Lipinski definition) is 2. The molecule has 0 saturated heterocycles. The van der Waals surface area contributed by atoms with Crippen LogP contribution in [0, 0.1) is 6.92 Å². The van der Waals surface area contributed by atoms with E-state index in [1.54, 1.807) is 6.20 Å². The van der Waals surface area contributed by atoms with Gasteiger partial charge in [-0.25, -0.2) is 9.98 Å². The van der Waals surface area contributed by atoms with Crippen LogP contribution in [0.5, 0.6) is 0 Å². The Kier molecular flexibility index (Phi) is 3.14. The molecule has 1 aromatic heterocycles. The zero-order valence-corrected chi connectivity index (χ0v) is 9.57. The van der Waals surface area contributed by atoms with Gasteiger partial charge in [0.15, 0.2) is 5.84 Å². The van der Waals surface area contributed by atoms with Crippen LogP contribution in [0.25, 0.3) is 0 Å². The monoisotopic (exact) mass is 207 g/mol. The number of nitrogens with two attached hydrogens (primary N) is 2. The van der Waals surface area contributed by atoms with Gasteiger partial charge in [0, 0.05) is 5.70 Å². The molecule has 4 N–H and O–H groups in total. The normalized spacial score (nSPS) is 11.6. The average molecular weight is 207 g/mol. The predicted molar refractivity (Wildman–Crippen MR) is 61.9 cm³/mol. The molecule has 1 heterocycles. The maximum atomic E-state index is 5.80. The number of hydrogen-bond acceptors (Lipinski definition) is 3. The highest BCUT2D eigenvalue weighted by atomic mass is 15.3. The summed E-state index contributed by atoms with van der Waals surface area (Å²) in [5.74, 6) is 6.70. The molecule has 15 heavy (non-hydrogen) atoms. The number of amidine groups is 1. The van der Waals surface area contributed by atoms with Crippen molar-refractivity contribution in [1.82, 2.24) is 9.66 Å². The first-order chi connectivity index (χ1) is 6.91. The first kappa shape index (κ1) is 11.3. The standard InChI is InChI=1S/C10H17N5/c1-6(2)7(3)13-10(11)9-5-15(12)8(4)14-9/h5H,12H2,1-4H3,(H2,11,13). The van der Waals surface area contributed by atoms with Gasteiger partial charge >= 0.3 is 0 Å². The van der Waals surface area contributed by atoms with E-state index < -0.39 is 0 Å². The molecule has 0 saturated carbocycles. The fourth-order valence-electron chi connectivity index (χ4n) is 0.959. The number of aryl methyl sites for hydroxylation is 1. The SMILES string of the molecule is CC(C)=C(C)N=C(N)c1cn(N)c(C)n1. The van der Waals surface area contributed by atoms with Crippen LogP contribution in [-0.4, -0.2) is 15.5 Å². The highest BCUT2D eigenvalue weighted by Gasteiger charge is 2.05. The maximum Gasteiger partial charge on any atom is 0.151 e. The Hall–Kier alpha value is -1.78. The summed E-state index contributed by atoms with van der Waals surface area (Å²) >= 11 is 0. The van der Waals surface area contributed by atoms with Crippen molar-refractivity contribution in [2.75, 3.05) is 5.84 Å². The summed E-state index contributed by atoms with van der Waals surface area (Å²) in [4.78, 5) is 8.43. The third kappa shape index (κ3) is 2.59. The zero-order chi connectivity index (χ0) is 11.6. The van der Waals surface area contributed by atoms with Gasteiger partial charge in [0.05, 0.1) is 6.20 Å². The lowest BCUT2D eigenvalue weighted by molar-refractivity contribution is 0.928. The number of nitrogen functional groups attached to an aromatic ring is 1. The molecular formula is C10H17N5. The van der Waals surface area contributed by atoms with E-state index >= 15 is 0 Å². The van der Waals surface area contributed by atoms with Crippen molar-refractivity contribution in [2.24, 2.45) is 10.7 Å². The van der Waals surface area contributed by atoms with Gasteiger partial charge in [-0.15, -0.1) is 0 Å². The zero-order valence-electron chi connectivity index (χ0n) is 9.57. The summed E-state index contributed by atoms with van der Waals surface area (Å²) in [6.07, 6.45) is 1.66. The summed E-state index contributed by atoms with van der Waals surface area (Å²) < 4.78 is 1.43. The van der Waals surface area contributed by atoms with E-state index in [-0.39, 0.29) is 0 Å². The molecule has 0 spiro atoms. The fraction of sp³-hybridized carbons (Fsp3) is 0.400. The number of aliphatic imine (C=N–C) groups is 1. The smallest absolute Gasteiger partial charge is 0.151 e. The Morgan fingerprint density at radius 2 is 2.00 bits per heavy atom. The molecule has 0 aromatic carbocycles. The molecule has 1 rings (SSSR count). The minimum Gasteiger partial charge on any atom is -0.382 e. The van der Waals surface area contributed by atoms with Gasteiger partial charge in [0.2, 0.25) is 0 Å². The van der Waals surface area contributed by atoms with Crippen LogP contribution < -0.4 is 11.6 Å². The molecule has 0 aliphatic heterocycles. The van der Waals surface area contributed by atoms with Gasteiger partial charge in [-0.3, -0.25) is 4.68 Å². The first-order valence-electron chi connectivity index (χ1n) is 4.71. The molecule has 82 valence electrons. The largest absolute Gasteiger partial charge is 0.382 e. The van der Waals surface area contributed by atoms with Crippen molar-refractivity contribution < 1.29 is 0 Å². The van der Waals surface area contributed by atoms with Crippen molar-refractivity contribution in [3.05, 3.63) is 29.0 Å². The number of imidazole rings is 1. The molecule has 0 radical (unpaired) electrons. The van der Waals surface area contributed by atoms with Gasteiger partial charge in [0.25, 0.3) is 0 Å². The third-order valence-corrected chi connectivity index (χ3v) is 2.19. The maximum absolute atomic E-state index is 5.80. The van der Waals surface area contributed by atoms with Crippen molar-refractivity contribution in [3.8, 4) is 0 Å². The number of rotatable bonds is 2. The van der Waals surface area contributed by atoms with Gasteiger partial charge in [-0.2, -0.15) is 0 Å². The highest BCUT2D eigenvalue weighted by Crippen LogP contribution is 2.05. The van der Waals surface area contributed by atoms with Gasteiger partial charge < -0.3 is 11.6 Å². The molecular weight excluding hydrogens is 190 g/mol. The molecule has 5 nitrogen and oxygen atoms in total. The molecule has 0 atom stereocenters. The lowest BCUT2D eigenvalue weighted by Crippen LogP contribution is -2.14. The average Bonchev–Trinajstić information content (AvgIpc) is 2.46. The Bertz CT molecular complexity index is 402. The van der Waals surface area contributed by atoms with Crippen molar-refractivity contribution in [2.45, 2.75) is 27.7 Å². The number of allylic oxidation sites excluding steroid dienone is 2. The summed E-state index contributed by atoms with van der Waals surface area (Å²) in [5.41, 5.74) is 8.43. The minimum absolute atomic E-state index is 0.390. The van der Waals surface area contributed by atoms with E-state index in [1.165, 1.54) is 4.68 Å². The summed E-state index contributed by atoms with van der Waals surface area (Å²) in [5, 5.41) is 0. The molecule has 0 unspecified atom stereocenters. The molecule has 0 aliphatic rings. The minimum atomic E-state index is 0.390. The Morgan fingerprint density at radius 1 is 1.40 bits per heavy atom. The summed E-state index contributed by atoms with van der Waals surface area (Å²) in [6.45, 7) is 7.69. The van der Waals surface area contributed by atoms with E-state index in [1.807, 2.05) is 27.7 Å². The van der Waals surface area contributed by atoms with Gasteiger partial charge in [-0.1, -0.05) is 5.57 Å². The number of aromatic nitrogens is 2. The van der Waals surface area contributed by atoms with E-state index in [2.05, 4.69) is 9.98 Å². The highest BCUT2D eigenvalue weighted by molar-refractivity contribution is 5.96. The van der Waals surface area contributed by atoms with Crippen molar-refractivity contribution in [3.63, 3.8) is 0 Å². The number of nitrogens with zero attached hydrogens (tertiary/aromatic N) is 3. The van der Waals surface area contributed by atoms with Crippen molar-refractivity contribution >= 4 is 5.84 Å². The first-order valence-corrected chi connectivity index (χ1v) is 4.71. The van der Waals surface area contributed by atoms with Crippen molar-refractivity contribution in [1.29, 1.82) is 0 Å². The fourth-order valence-corrected chi connectivity index (χ4v) is 0.959. The van der Waals surface area contributed by atoms with Crippen LogP contribution in [0.4, 0.5) is 0 Å². The van der Waals surface area contributed by atoms with Crippen LogP contribution >= 0.6 is 0 Å². The topological polar surface area (TPSA) is 82.2 Å². The molecule has 1 aromatic rings. The van der Waals surface area contributed by atoms with E-state index in [4.69, 9.17) is 11.6 Å². The van der Waals surface area contributed by atoms with Gasteiger partial charge in [-0.05, 0) is 27.7 Å². The van der Waals surface area contributed by atoms with Crippen LogP contribution in [0.15, 0.2) is 22.5 Å². The lowest BCUT2D eigenvalue weighted by Gasteiger charge is -1.98. The van der Waals surface area contributed by atoms with Gasteiger partial charge in [0.1, 0.15) is 11.5 Å². The molecule has 5 heteroatoms.